The van der Waals surface area contributed by atoms with Gasteiger partial charge in [-0.05, 0) is 44.5 Å². The summed E-state index contributed by atoms with van der Waals surface area (Å²) in [4.78, 5) is 79.2. The number of fused-ring (bicyclic) bond motifs is 3. The molecule has 3 aliphatic carbocycles. The predicted molar refractivity (Wildman–Crippen MR) is 138 cm³/mol. The molecule has 0 aliphatic heterocycles. The molecule has 14 nitrogen and oxygen atoms in total. The number of likely N-dealkylation sites (N-methyl/N-ethyl adjacent to an activating group) is 1. The summed E-state index contributed by atoms with van der Waals surface area (Å²) in [6.45, 7) is -0.544. The number of hydrogen-bond donors (Lipinski definition) is 5. The summed E-state index contributed by atoms with van der Waals surface area (Å²) in [7, 11) is 6.48. The highest BCUT2D eigenvalue weighted by Crippen LogP contribution is 2.53. The highest BCUT2D eigenvalue weighted by Gasteiger charge is 2.69. The van der Waals surface area contributed by atoms with E-state index in [9.17, 15) is 44.1 Å². The first-order valence-electron chi connectivity index (χ1n) is 12.6. The first kappa shape index (κ1) is 29.1. The minimum atomic E-state index is -2.78. The van der Waals surface area contributed by atoms with Gasteiger partial charge < -0.3 is 35.6 Å². The topological polar surface area (TPSA) is 217 Å². The number of ether oxygens (including phenoxy) is 1. The van der Waals surface area contributed by atoms with Gasteiger partial charge in [0.2, 0.25) is 5.91 Å². The van der Waals surface area contributed by atoms with E-state index in [0.717, 1.165) is 0 Å². The Labute approximate surface area is 229 Å². The van der Waals surface area contributed by atoms with Crippen molar-refractivity contribution >= 4 is 47.0 Å². The Morgan fingerprint density at radius 2 is 1.85 bits per heavy atom. The lowest BCUT2D eigenvalue weighted by Crippen LogP contribution is -2.75. The lowest BCUT2D eigenvalue weighted by atomic mass is 9.52. The molecule has 6 N–H and O–H groups in total. The molecule has 2 fully saturated rings. The SMILES string of the molecule is CN(C)c1cc(NC(=O)OCC=O)c(O)c2c1C[C@@H]1C[C@@H]3[C@@H](N(C)C)C(O)C(C(N)=O)C(=O)[C@]3(O)C(=O)C1C2=O. The van der Waals surface area contributed by atoms with Gasteiger partial charge in [0.25, 0.3) is 0 Å². The molecule has 3 aliphatic rings. The number of aromatic hydroxyl groups is 1. The molecule has 2 amide bonds. The minimum absolute atomic E-state index is 0.0269. The number of nitrogens with two attached hydrogens (primary N) is 1. The smallest absolute Gasteiger partial charge is 0.412 e. The molecule has 0 spiro atoms. The summed E-state index contributed by atoms with van der Waals surface area (Å²) < 4.78 is 4.66. The number of benzene rings is 1. The van der Waals surface area contributed by atoms with E-state index in [2.05, 4.69) is 10.1 Å². The van der Waals surface area contributed by atoms with E-state index < -0.39 is 83.1 Å². The van der Waals surface area contributed by atoms with Gasteiger partial charge in [-0.15, -0.1) is 0 Å². The van der Waals surface area contributed by atoms with Gasteiger partial charge in [-0.1, -0.05) is 0 Å². The number of primary amides is 1. The maximum absolute atomic E-state index is 13.9. The highest BCUT2D eigenvalue weighted by atomic mass is 16.5. The van der Waals surface area contributed by atoms with Gasteiger partial charge in [0.05, 0.1) is 23.3 Å². The van der Waals surface area contributed by atoms with Gasteiger partial charge in [0.15, 0.2) is 29.2 Å². The molecule has 40 heavy (non-hydrogen) atoms. The molecule has 0 saturated heterocycles. The Morgan fingerprint density at radius 1 is 1.20 bits per heavy atom. The lowest BCUT2D eigenvalue weighted by Gasteiger charge is -2.55. The number of Topliss-reactive ketones (excluding diaryl/α,β-unsaturated/α-hetero) is 3. The minimum Gasteiger partial charge on any atom is -0.505 e. The van der Waals surface area contributed by atoms with Gasteiger partial charge in [-0.2, -0.15) is 0 Å². The summed E-state index contributed by atoms with van der Waals surface area (Å²) in [5.41, 5.74) is 2.94. The van der Waals surface area contributed by atoms with E-state index in [4.69, 9.17) is 5.73 Å². The maximum atomic E-state index is 13.9. The van der Waals surface area contributed by atoms with Crippen LogP contribution in [-0.2, 0) is 30.3 Å². The zero-order chi connectivity index (χ0) is 29.8. The Hall–Kier alpha value is -3.88. The fourth-order valence-electron chi connectivity index (χ4n) is 6.62. The number of hydrogen-bond acceptors (Lipinski definition) is 12. The normalized spacial score (nSPS) is 31.1. The molecule has 0 heterocycles. The highest BCUT2D eigenvalue weighted by molar-refractivity contribution is 6.26. The summed E-state index contributed by atoms with van der Waals surface area (Å²) in [6, 6.07) is 0.408. The average molecular weight is 561 g/mol. The standard InChI is InChI=1S/C26H32N4O10/c1-29(2)14-9-13(28-25(38)40-6-5-31)19(32)16-11(14)7-10-8-12-18(30(3)4)21(34)17(24(27)37)23(36)26(12,39)22(35)15(10)20(16)33/h5,9-10,12,15,17-18,21,32,34,39H,6-8H2,1-4H3,(H2,27,37)(H,28,38)/t10-,12-,15?,17?,18-,21?,26-/m1/s1. The number of nitrogens with one attached hydrogen (secondary N) is 1. The molecule has 0 radical (unpaired) electrons. The molecule has 1 aromatic rings. The van der Waals surface area contributed by atoms with Crippen LogP contribution in [0.5, 0.6) is 5.75 Å². The number of rotatable bonds is 6. The van der Waals surface area contributed by atoms with Crippen molar-refractivity contribution in [1.29, 1.82) is 0 Å². The zero-order valence-electron chi connectivity index (χ0n) is 22.4. The first-order valence-corrected chi connectivity index (χ1v) is 12.6. The van der Waals surface area contributed by atoms with Crippen molar-refractivity contribution in [1.82, 2.24) is 4.90 Å². The molecule has 2 saturated carbocycles. The Balaban J connectivity index is 1.85. The van der Waals surface area contributed by atoms with Crippen LogP contribution in [0.2, 0.25) is 0 Å². The summed E-state index contributed by atoms with van der Waals surface area (Å²) in [5.74, 6) is -10.4. The number of aliphatic hydroxyl groups is 2. The summed E-state index contributed by atoms with van der Waals surface area (Å²) in [6.07, 6.45) is -2.25. The van der Waals surface area contributed by atoms with Crippen LogP contribution in [0.15, 0.2) is 6.07 Å². The van der Waals surface area contributed by atoms with Crippen molar-refractivity contribution in [2.45, 2.75) is 30.6 Å². The number of phenols is 1. The quantitative estimate of drug-likeness (QED) is 0.152. The predicted octanol–water partition coefficient (Wildman–Crippen LogP) is -1.53. The van der Waals surface area contributed by atoms with Crippen molar-refractivity contribution in [2.75, 3.05) is 45.0 Å². The second-order valence-electron chi connectivity index (χ2n) is 10.9. The molecule has 4 rings (SSSR count). The molecule has 216 valence electrons. The zero-order valence-corrected chi connectivity index (χ0v) is 22.4. The van der Waals surface area contributed by atoms with Gasteiger partial charge in [-0.25, -0.2) is 4.79 Å². The molecule has 7 atom stereocenters. The summed E-state index contributed by atoms with van der Waals surface area (Å²) >= 11 is 0. The van der Waals surface area contributed by atoms with Gasteiger partial charge in [0.1, 0.15) is 18.3 Å². The number of phenolic OH excluding ortho intramolecular Hbond substituents is 1. The molecular weight excluding hydrogens is 528 g/mol. The van der Waals surface area contributed by atoms with E-state index >= 15 is 0 Å². The molecule has 0 aromatic heterocycles. The van der Waals surface area contributed by atoms with Crippen LogP contribution in [0.3, 0.4) is 0 Å². The second-order valence-corrected chi connectivity index (χ2v) is 10.9. The average Bonchev–Trinajstić information content (AvgIpc) is 2.85. The number of ketones is 3. The van der Waals surface area contributed by atoms with Crippen LogP contribution >= 0.6 is 0 Å². The number of carbonyl (C=O) groups is 6. The number of amides is 2. The van der Waals surface area contributed by atoms with E-state index in [-0.39, 0.29) is 24.1 Å². The fraction of sp³-hybridized carbons (Fsp3) is 0.538. The third-order valence-electron chi connectivity index (χ3n) is 8.27. The molecule has 14 heteroatoms. The number of carbonyl (C=O) groups excluding carboxylic acids is 6. The number of nitrogens with zero attached hydrogens (tertiary/aromatic N) is 2. The third-order valence-corrected chi connectivity index (χ3v) is 8.27. The van der Waals surface area contributed by atoms with Gasteiger partial charge in [-0.3, -0.25) is 29.3 Å². The molecule has 1 aromatic carbocycles. The number of anilines is 2. The Kier molecular flexibility index (Phi) is 7.47. The van der Waals surface area contributed by atoms with E-state index in [1.807, 2.05) is 0 Å². The maximum Gasteiger partial charge on any atom is 0.412 e. The van der Waals surface area contributed by atoms with E-state index in [1.165, 1.54) is 11.0 Å². The lowest BCUT2D eigenvalue weighted by molar-refractivity contribution is -0.190. The second kappa shape index (κ2) is 10.3. The van der Waals surface area contributed by atoms with Crippen molar-refractivity contribution in [2.24, 2.45) is 29.4 Å². The first-order chi connectivity index (χ1) is 18.7. The van der Waals surface area contributed by atoms with E-state index in [1.54, 1.807) is 33.1 Å². The molecule has 0 bridgehead atoms. The third kappa shape index (κ3) is 4.22. The molecule has 3 unspecified atom stereocenters. The van der Waals surface area contributed by atoms with Gasteiger partial charge >= 0.3 is 6.09 Å². The Bertz CT molecular complexity index is 1310. The largest absolute Gasteiger partial charge is 0.505 e. The van der Waals surface area contributed by atoms with Crippen LogP contribution in [0.4, 0.5) is 16.2 Å². The van der Waals surface area contributed by atoms with E-state index in [0.29, 0.717) is 17.5 Å². The number of aliphatic hydroxyl groups excluding tert-OH is 1. The van der Waals surface area contributed by atoms with Crippen LogP contribution in [0.1, 0.15) is 22.3 Å². The van der Waals surface area contributed by atoms with Crippen LogP contribution in [0.25, 0.3) is 0 Å². The Morgan fingerprint density at radius 3 is 2.40 bits per heavy atom. The summed E-state index contributed by atoms with van der Waals surface area (Å²) in [5, 5.41) is 36.0. The van der Waals surface area contributed by atoms with Crippen LogP contribution < -0.4 is 16.0 Å². The van der Waals surface area contributed by atoms with Gasteiger partial charge in [0, 0.05) is 31.7 Å². The van der Waals surface area contributed by atoms with Crippen molar-refractivity contribution in [3.8, 4) is 5.75 Å². The monoisotopic (exact) mass is 560 g/mol. The van der Waals surface area contributed by atoms with Crippen LogP contribution in [0, 0.1) is 23.7 Å². The number of aldehydes is 1. The fourth-order valence-corrected chi connectivity index (χ4v) is 6.62. The molecular formula is C26H32N4O10. The van der Waals surface area contributed by atoms with Crippen molar-refractivity contribution < 1.29 is 48.8 Å². The van der Waals surface area contributed by atoms with Crippen LogP contribution in [-0.4, -0.2) is 108 Å². The van der Waals surface area contributed by atoms with Crippen molar-refractivity contribution in [3.63, 3.8) is 0 Å². The van der Waals surface area contributed by atoms with Crippen molar-refractivity contribution in [3.05, 3.63) is 17.2 Å².